The maximum absolute atomic E-state index is 6.08. The second-order valence-electron chi connectivity index (χ2n) is 4.96. The molecular weight excluding hydrogens is 290 g/mol. The molecule has 0 unspecified atom stereocenters. The first kappa shape index (κ1) is 15.1. The third-order valence-electron chi connectivity index (χ3n) is 3.64. The maximum Gasteiger partial charge on any atom is 0.0926 e. The van der Waals surface area contributed by atoms with Gasteiger partial charge in [-0.2, -0.15) is 0 Å². The highest BCUT2D eigenvalue weighted by Crippen LogP contribution is 2.32. The third-order valence-corrected chi connectivity index (χ3v) is 4.68. The molecule has 2 N–H and O–H groups in total. The van der Waals surface area contributed by atoms with Gasteiger partial charge in [-0.1, -0.05) is 13.0 Å². The molecule has 1 aliphatic heterocycles. The zero-order chi connectivity index (χ0) is 13.2. The van der Waals surface area contributed by atoms with Crippen molar-refractivity contribution in [3.05, 3.63) is 39.8 Å². The van der Waals surface area contributed by atoms with E-state index in [-0.39, 0.29) is 12.4 Å². The van der Waals surface area contributed by atoms with Gasteiger partial charge in [0.25, 0.3) is 0 Å². The summed E-state index contributed by atoms with van der Waals surface area (Å²) < 4.78 is 0. The highest BCUT2D eigenvalue weighted by Gasteiger charge is 2.19. The van der Waals surface area contributed by atoms with Crippen molar-refractivity contribution in [1.29, 1.82) is 0 Å². The molecule has 0 radical (unpaired) electrons. The topological polar surface area (TPSA) is 42.2 Å². The monoisotopic (exact) mass is 309 g/mol. The van der Waals surface area contributed by atoms with Crippen LogP contribution < -0.4 is 10.6 Å². The molecule has 0 spiro atoms. The van der Waals surface area contributed by atoms with E-state index in [1.165, 1.54) is 28.4 Å². The lowest BCUT2D eigenvalue weighted by molar-refractivity contribution is 0.686. The van der Waals surface area contributed by atoms with E-state index in [0.717, 1.165) is 31.6 Å². The van der Waals surface area contributed by atoms with Crippen molar-refractivity contribution in [2.75, 3.05) is 17.2 Å². The van der Waals surface area contributed by atoms with Crippen molar-refractivity contribution in [3.63, 3.8) is 0 Å². The zero-order valence-corrected chi connectivity index (χ0v) is 13.3. The van der Waals surface area contributed by atoms with E-state index in [2.05, 4.69) is 28.3 Å². The Morgan fingerprint density at radius 3 is 3.00 bits per heavy atom. The van der Waals surface area contributed by atoms with Gasteiger partial charge in [0.2, 0.25) is 0 Å². The van der Waals surface area contributed by atoms with Crippen LogP contribution in [-0.2, 0) is 19.4 Å². The average Bonchev–Trinajstić information content (AvgIpc) is 2.88. The molecule has 0 amide bonds. The molecule has 0 aliphatic carbocycles. The highest BCUT2D eigenvalue weighted by molar-refractivity contribution is 7.09. The fourth-order valence-corrected chi connectivity index (χ4v) is 3.41. The minimum atomic E-state index is 0. The summed E-state index contributed by atoms with van der Waals surface area (Å²) in [6.07, 6.45) is 3.29. The van der Waals surface area contributed by atoms with E-state index in [9.17, 15) is 0 Å². The average molecular weight is 310 g/mol. The summed E-state index contributed by atoms with van der Waals surface area (Å²) in [6.45, 7) is 4.14. The van der Waals surface area contributed by atoms with E-state index in [0.29, 0.717) is 0 Å². The van der Waals surface area contributed by atoms with Gasteiger partial charge in [-0.05, 0) is 37.0 Å². The number of thiazole rings is 1. The fraction of sp³-hybridized carbons (Fsp3) is 0.400. The van der Waals surface area contributed by atoms with Gasteiger partial charge >= 0.3 is 0 Å². The van der Waals surface area contributed by atoms with Gasteiger partial charge in [-0.25, -0.2) is 4.98 Å². The van der Waals surface area contributed by atoms with Gasteiger partial charge in [-0.15, -0.1) is 23.7 Å². The van der Waals surface area contributed by atoms with Crippen LogP contribution >= 0.6 is 23.7 Å². The first-order valence-corrected chi connectivity index (χ1v) is 7.71. The minimum absolute atomic E-state index is 0. The molecular formula is C15H20ClN3S. The number of nitrogens with two attached hydrogens (primary N) is 1. The number of anilines is 2. The van der Waals surface area contributed by atoms with Crippen molar-refractivity contribution in [1.82, 2.24) is 4.98 Å². The van der Waals surface area contributed by atoms with Crippen molar-refractivity contribution in [2.24, 2.45) is 0 Å². The smallest absolute Gasteiger partial charge is 0.0926 e. The minimum Gasteiger partial charge on any atom is -0.398 e. The van der Waals surface area contributed by atoms with Gasteiger partial charge in [-0.3, -0.25) is 0 Å². The van der Waals surface area contributed by atoms with Crippen molar-refractivity contribution in [2.45, 2.75) is 32.7 Å². The van der Waals surface area contributed by atoms with Crippen LogP contribution in [0.3, 0.4) is 0 Å². The molecule has 1 aromatic heterocycles. The van der Waals surface area contributed by atoms with Crippen LogP contribution in [0.2, 0.25) is 0 Å². The molecule has 0 bridgehead atoms. The van der Waals surface area contributed by atoms with Crippen molar-refractivity contribution in [3.8, 4) is 0 Å². The molecule has 0 saturated heterocycles. The Labute approximate surface area is 130 Å². The van der Waals surface area contributed by atoms with Gasteiger partial charge in [0, 0.05) is 23.3 Å². The lowest BCUT2D eigenvalue weighted by Gasteiger charge is -2.31. The number of aryl methyl sites for hydroxylation is 1. The molecule has 2 aromatic rings. The Morgan fingerprint density at radius 1 is 1.40 bits per heavy atom. The number of fused-ring (bicyclic) bond motifs is 1. The summed E-state index contributed by atoms with van der Waals surface area (Å²) in [5.74, 6) is 0. The molecule has 3 rings (SSSR count). The van der Waals surface area contributed by atoms with Crippen LogP contribution in [0.1, 0.15) is 29.6 Å². The number of benzene rings is 1. The Bertz CT molecular complexity index is 582. The largest absolute Gasteiger partial charge is 0.398 e. The number of nitrogen functional groups attached to an aromatic ring is 1. The van der Waals surface area contributed by atoms with Crippen LogP contribution in [0.25, 0.3) is 0 Å². The van der Waals surface area contributed by atoms with Crippen LogP contribution in [0.5, 0.6) is 0 Å². The molecule has 5 heteroatoms. The SMILES string of the molecule is CCc1nc(CN2CCCc3c(N)cccc32)cs1.Cl. The standard InChI is InChI=1S/C15H19N3S.ClH/c1-2-15-17-11(10-19-15)9-18-8-4-5-12-13(16)6-3-7-14(12)18;/h3,6-7,10H,2,4-5,8-9,16H2,1H3;1H. The Balaban J connectivity index is 0.00000147. The van der Waals surface area contributed by atoms with Gasteiger partial charge in [0.15, 0.2) is 0 Å². The second-order valence-corrected chi connectivity index (χ2v) is 5.90. The van der Waals surface area contributed by atoms with E-state index >= 15 is 0 Å². The summed E-state index contributed by atoms with van der Waals surface area (Å²) in [5.41, 5.74) is 10.8. The zero-order valence-electron chi connectivity index (χ0n) is 11.6. The summed E-state index contributed by atoms with van der Waals surface area (Å²) in [4.78, 5) is 7.07. The van der Waals surface area contributed by atoms with Crippen molar-refractivity contribution >= 4 is 35.1 Å². The molecule has 0 saturated carbocycles. The number of hydrogen-bond donors (Lipinski definition) is 1. The van der Waals surface area contributed by atoms with Crippen molar-refractivity contribution < 1.29 is 0 Å². The van der Waals surface area contributed by atoms with E-state index < -0.39 is 0 Å². The lowest BCUT2D eigenvalue weighted by atomic mass is 10.00. The van der Waals surface area contributed by atoms with Crippen LogP contribution in [0, 0.1) is 0 Å². The van der Waals surface area contributed by atoms with E-state index in [4.69, 9.17) is 5.73 Å². The second kappa shape index (κ2) is 6.46. The molecule has 0 fully saturated rings. The van der Waals surface area contributed by atoms with Crippen LogP contribution in [-0.4, -0.2) is 11.5 Å². The predicted octanol–water partition coefficient (Wildman–Crippen LogP) is 3.66. The number of halogens is 1. The molecule has 108 valence electrons. The number of nitrogens with zero attached hydrogens (tertiary/aromatic N) is 2. The Morgan fingerprint density at radius 2 is 2.25 bits per heavy atom. The maximum atomic E-state index is 6.08. The fourth-order valence-electron chi connectivity index (χ4n) is 2.67. The lowest BCUT2D eigenvalue weighted by Crippen LogP contribution is -2.29. The van der Waals surface area contributed by atoms with Gasteiger partial charge in [0.1, 0.15) is 0 Å². The summed E-state index contributed by atoms with van der Waals surface area (Å²) in [5, 5.41) is 3.40. The van der Waals surface area contributed by atoms with Crippen LogP contribution in [0.15, 0.2) is 23.6 Å². The van der Waals surface area contributed by atoms with Gasteiger partial charge < -0.3 is 10.6 Å². The normalized spacial score (nSPS) is 13.8. The number of rotatable bonds is 3. The van der Waals surface area contributed by atoms with E-state index in [1.807, 2.05) is 12.1 Å². The number of hydrogen-bond acceptors (Lipinski definition) is 4. The number of aromatic nitrogens is 1. The summed E-state index contributed by atoms with van der Waals surface area (Å²) in [7, 11) is 0. The first-order chi connectivity index (χ1) is 9.28. The quantitative estimate of drug-likeness (QED) is 0.880. The van der Waals surface area contributed by atoms with Gasteiger partial charge in [0.05, 0.1) is 17.2 Å². The summed E-state index contributed by atoms with van der Waals surface area (Å²) >= 11 is 1.76. The molecule has 20 heavy (non-hydrogen) atoms. The third kappa shape index (κ3) is 2.91. The molecule has 1 aliphatic rings. The molecule has 0 atom stereocenters. The Hall–Kier alpha value is -1.26. The van der Waals surface area contributed by atoms with E-state index in [1.54, 1.807) is 11.3 Å². The predicted molar refractivity (Wildman–Crippen MR) is 89.0 cm³/mol. The molecule has 1 aromatic carbocycles. The first-order valence-electron chi connectivity index (χ1n) is 6.83. The van der Waals surface area contributed by atoms with Crippen LogP contribution in [0.4, 0.5) is 11.4 Å². The molecule has 3 nitrogen and oxygen atoms in total. The molecule has 2 heterocycles. The summed E-state index contributed by atoms with van der Waals surface area (Å²) in [6, 6.07) is 6.23. The Kier molecular flexibility index (Phi) is 4.89. The highest BCUT2D eigenvalue weighted by atomic mass is 35.5.